The quantitative estimate of drug-likeness (QED) is 0.741. The third-order valence-electron chi connectivity index (χ3n) is 2.03. The van der Waals surface area contributed by atoms with E-state index < -0.39 is 5.97 Å². The van der Waals surface area contributed by atoms with E-state index in [9.17, 15) is 4.79 Å². The SMILES string of the molecule is C=CCN(CC=C)c1cccnc1C(=O)O. The molecule has 0 spiro atoms. The van der Waals surface area contributed by atoms with Crippen LogP contribution in [0.15, 0.2) is 43.6 Å². The van der Waals surface area contributed by atoms with Gasteiger partial charge >= 0.3 is 5.97 Å². The molecule has 0 atom stereocenters. The molecule has 0 amide bonds. The molecule has 4 nitrogen and oxygen atoms in total. The fraction of sp³-hybridized carbons (Fsp3) is 0.167. The number of anilines is 1. The topological polar surface area (TPSA) is 53.4 Å². The van der Waals surface area contributed by atoms with Crippen LogP contribution in [0.2, 0.25) is 0 Å². The Morgan fingerprint density at radius 3 is 2.56 bits per heavy atom. The zero-order valence-electron chi connectivity index (χ0n) is 8.97. The molecule has 84 valence electrons. The highest BCUT2D eigenvalue weighted by Gasteiger charge is 2.15. The summed E-state index contributed by atoms with van der Waals surface area (Å²) in [5, 5.41) is 9.01. The summed E-state index contributed by atoms with van der Waals surface area (Å²) in [6, 6.07) is 3.43. The number of hydrogen-bond acceptors (Lipinski definition) is 3. The lowest BCUT2D eigenvalue weighted by atomic mass is 10.2. The maximum Gasteiger partial charge on any atom is 0.356 e. The van der Waals surface area contributed by atoms with Crippen molar-refractivity contribution in [3.8, 4) is 0 Å². The van der Waals surface area contributed by atoms with Crippen LogP contribution in [-0.4, -0.2) is 29.1 Å². The second-order valence-corrected chi connectivity index (χ2v) is 3.16. The van der Waals surface area contributed by atoms with E-state index in [1.165, 1.54) is 6.20 Å². The molecule has 1 aromatic heterocycles. The van der Waals surface area contributed by atoms with Gasteiger partial charge in [-0.3, -0.25) is 0 Å². The van der Waals surface area contributed by atoms with E-state index in [4.69, 9.17) is 5.11 Å². The van der Waals surface area contributed by atoms with Crippen LogP contribution >= 0.6 is 0 Å². The molecule has 1 rings (SSSR count). The molecular formula is C12H14N2O2. The first kappa shape index (κ1) is 12.0. The Kier molecular flexibility index (Phi) is 4.27. The van der Waals surface area contributed by atoms with Crippen molar-refractivity contribution in [3.63, 3.8) is 0 Å². The van der Waals surface area contributed by atoms with Gasteiger partial charge in [0.15, 0.2) is 5.69 Å². The van der Waals surface area contributed by atoms with Gasteiger partial charge in [-0.05, 0) is 12.1 Å². The first-order valence-electron chi connectivity index (χ1n) is 4.85. The molecule has 0 fully saturated rings. The zero-order chi connectivity index (χ0) is 12.0. The Hall–Kier alpha value is -2.10. The summed E-state index contributed by atoms with van der Waals surface area (Å²) in [5.41, 5.74) is 0.626. The smallest absolute Gasteiger partial charge is 0.356 e. The van der Waals surface area contributed by atoms with Gasteiger partial charge in [-0.25, -0.2) is 9.78 Å². The van der Waals surface area contributed by atoms with E-state index in [-0.39, 0.29) is 5.69 Å². The summed E-state index contributed by atoms with van der Waals surface area (Å²) in [7, 11) is 0. The molecule has 0 aromatic carbocycles. The molecule has 16 heavy (non-hydrogen) atoms. The number of nitrogens with zero attached hydrogens (tertiary/aromatic N) is 2. The normalized spacial score (nSPS) is 9.50. The predicted molar refractivity (Wildman–Crippen MR) is 63.8 cm³/mol. The van der Waals surface area contributed by atoms with Gasteiger partial charge in [0, 0.05) is 19.3 Å². The fourth-order valence-electron chi connectivity index (χ4n) is 1.40. The Morgan fingerprint density at radius 2 is 2.06 bits per heavy atom. The molecule has 0 saturated heterocycles. The van der Waals surface area contributed by atoms with E-state index in [1.807, 2.05) is 4.90 Å². The van der Waals surface area contributed by atoms with E-state index in [0.29, 0.717) is 18.8 Å². The van der Waals surface area contributed by atoms with Gasteiger partial charge in [0.2, 0.25) is 0 Å². The second kappa shape index (κ2) is 5.70. The summed E-state index contributed by atoms with van der Waals surface area (Å²) in [6.45, 7) is 8.39. The average Bonchev–Trinajstić information content (AvgIpc) is 2.29. The molecule has 1 N–H and O–H groups in total. The van der Waals surface area contributed by atoms with Gasteiger partial charge in [-0.15, -0.1) is 13.2 Å². The highest BCUT2D eigenvalue weighted by Crippen LogP contribution is 2.18. The fourth-order valence-corrected chi connectivity index (χ4v) is 1.40. The summed E-state index contributed by atoms with van der Waals surface area (Å²) >= 11 is 0. The maximum absolute atomic E-state index is 11.0. The highest BCUT2D eigenvalue weighted by atomic mass is 16.4. The van der Waals surface area contributed by atoms with Gasteiger partial charge < -0.3 is 10.0 Å². The lowest BCUT2D eigenvalue weighted by Gasteiger charge is -2.22. The molecule has 1 heterocycles. The molecule has 0 bridgehead atoms. The summed E-state index contributed by atoms with van der Waals surface area (Å²) in [4.78, 5) is 16.7. The summed E-state index contributed by atoms with van der Waals surface area (Å²) in [6.07, 6.45) is 4.89. The maximum atomic E-state index is 11.0. The van der Waals surface area contributed by atoms with Crippen LogP contribution in [0.3, 0.4) is 0 Å². The number of pyridine rings is 1. The van der Waals surface area contributed by atoms with E-state index in [2.05, 4.69) is 18.1 Å². The predicted octanol–water partition coefficient (Wildman–Crippen LogP) is 1.96. The first-order valence-corrected chi connectivity index (χ1v) is 4.85. The van der Waals surface area contributed by atoms with Crippen molar-refractivity contribution in [2.24, 2.45) is 0 Å². The van der Waals surface area contributed by atoms with Crippen molar-refractivity contribution >= 4 is 11.7 Å². The van der Waals surface area contributed by atoms with Crippen LogP contribution in [0.25, 0.3) is 0 Å². The second-order valence-electron chi connectivity index (χ2n) is 3.16. The van der Waals surface area contributed by atoms with Crippen molar-refractivity contribution in [1.82, 2.24) is 4.98 Å². The van der Waals surface area contributed by atoms with Crippen molar-refractivity contribution < 1.29 is 9.90 Å². The minimum absolute atomic E-state index is 0.0474. The van der Waals surface area contributed by atoms with Crippen molar-refractivity contribution in [3.05, 3.63) is 49.3 Å². The lowest BCUT2D eigenvalue weighted by Crippen LogP contribution is -2.25. The number of carboxylic acids is 1. The Labute approximate surface area is 94.5 Å². The number of hydrogen-bond donors (Lipinski definition) is 1. The Balaban J connectivity index is 3.11. The average molecular weight is 218 g/mol. The molecule has 4 heteroatoms. The van der Waals surface area contributed by atoms with Crippen LogP contribution in [0.5, 0.6) is 0 Å². The van der Waals surface area contributed by atoms with Gasteiger partial charge in [-0.2, -0.15) is 0 Å². The van der Waals surface area contributed by atoms with Gasteiger partial charge in [-0.1, -0.05) is 12.2 Å². The van der Waals surface area contributed by atoms with E-state index in [0.717, 1.165) is 0 Å². The molecule has 0 radical (unpaired) electrons. The molecule has 0 unspecified atom stereocenters. The summed E-state index contributed by atoms with van der Waals surface area (Å²) in [5.74, 6) is -1.03. The minimum atomic E-state index is -1.03. The van der Waals surface area contributed by atoms with Gasteiger partial charge in [0.25, 0.3) is 0 Å². The first-order chi connectivity index (χ1) is 7.70. The monoisotopic (exact) mass is 218 g/mol. The molecule has 0 aliphatic carbocycles. The number of aromatic carboxylic acids is 1. The molecule has 0 aliphatic heterocycles. The lowest BCUT2D eigenvalue weighted by molar-refractivity contribution is 0.0691. The molecule has 0 saturated carbocycles. The van der Waals surface area contributed by atoms with Crippen molar-refractivity contribution in [2.45, 2.75) is 0 Å². The minimum Gasteiger partial charge on any atom is -0.476 e. The number of carbonyl (C=O) groups is 1. The highest BCUT2D eigenvalue weighted by molar-refractivity contribution is 5.92. The third kappa shape index (κ3) is 2.70. The van der Waals surface area contributed by atoms with E-state index in [1.54, 1.807) is 24.3 Å². The molecule has 0 aliphatic rings. The van der Waals surface area contributed by atoms with E-state index >= 15 is 0 Å². The third-order valence-corrected chi connectivity index (χ3v) is 2.03. The van der Waals surface area contributed by atoms with Crippen molar-refractivity contribution in [2.75, 3.05) is 18.0 Å². The van der Waals surface area contributed by atoms with Gasteiger partial charge in [0.05, 0.1) is 5.69 Å². The number of carboxylic acid groups (broad SMARTS) is 1. The number of aromatic nitrogens is 1. The summed E-state index contributed by atoms with van der Waals surface area (Å²) < 4.78 is 0. The Bertz CT molecular complexity index is 392. The molecular weight excluding hydrogens is 204 g/mol. The van der Waals surface area contributed by atoms with Crippen LogP contribution in [0, 0.1) is 0 Å². The van der Waals surface area contributed by atoms with Crippen LogP contribution in [-0.2, 0) is 0 Å². The van der Waals surface area contributed by atoms with Crippen LogP contribution in [0.1, 0.15) is 10.5 Å². The van der Waals surface area contributed by atoms with Crippen LogP contribution in [0.4, 0.5) is 5.69 Å². The zero-order valence-corrected chi connectivity index (χ0v) is 8.97. The molecule has 1 aromatic rings. The largest absolute Gasteiger partial charge is 0.476 e. The Morgan fingerprint density at radius 1 is 1.44 bits per heavy atom. The standard InChI is InChI=1S/C12H14N2O2/c1-3-8-14(9-4-2)10-6-5-7-13-11(10)12(15)16/h3-7H,1-2,8-9H2,(H,15,16). The van der Waals surface area contributed by atoms with Crippen LogP contribution < -0.4 is 4.90 Å². The van der Waals surface area contributed by atoms with Crippen molar-refractivity contribution in [1.29, 1.82) is 0 Å². The van der Waals surface area contributed by atoms with Gasteiger partial charge in [0.1, 0.15) is 0 Å². The number of rotatable bonds is 6.